The maximum absolute atomic E-state index is 14.0. The molecule has 236 valence electrons. The van der Waals surface area contributed by atoms with Gasteiger partial charge in [-0.05, 0) is 6.42 Å². The van der Waals surface area contributed by atoms with Gasteiger partial charge in [0.25, 0.3) is 11.1 Å². The number of ketones is 1. The molecule has 0 fully saturated rings. The van der Waals surface area contributed by atoms with Gasteiger partial charge in [0.2, 0.25) is 17.4 Å². The minimum Gasteiger partial charge on any atom is -0.481 e. The number of rotatable bonds is 13. The molecular weight excluding hydrogens is 606 g/mol. The van der Waals surface area contributed by atoms with Crippen molar-refractivity contribution in [3.63, 3.8) is 0 Å². The minimum atomic E-state index is -2.57. The Morgan fingerprint density at radius 1 is 0.804 bits per heavy atom. The van der Waals surface area contributed by atoms with Gasteiger partial charge in [-0.1, -0.05) is 30.3 Å². The van der Waals surface area contributed by atoms with Crippen LogP contribution in [-0.2, 0) is 22.7 Å². The Morgan fingerprint density at radius 3 is 1.76 bits per heavy atom. The molecule has 0 saturated carbocycles. The lowest BCUT2D eigenvalue weighted by atomic mass is 9.84. The highest BCUT2D eigenvalue weighted by Gasteiger charge is 2.52. The van der Waals surface area contributed by atoms with Crippen molar-refractivity contribution in [2.24, 2.45) is 0 Å². The zero-order chi connectivity index (χ0) is 33.0. The Hall–Kier alpha value is -6.25. The van der Waals surface area contributed by atoms with E-state index in [1.165, 1.54) is 36.7 Å². The van der Waals surface area contributed by atoms with Gasteiger partial charge < -0.3 is 21.7 Å². The smallest absolute Gasteiger partial charge is 0.335 e. The van der Waals surface area contributed by atoms with Gasteiger partial charge in [0, 0.05) is 12.0 Å². The highest BCUT2D eigenvalue weighted by atomic mass is 16.4. The van der Waals surface area contributed by atoms with Crippen LogP contribution < -0.4 is 33.4 Å². The van der Waals surface area contributed by atoms with Crippen LogP contribution in [0.15, 0.2) is 52.3 Å². The first kappa shape index (κ1) is 31.2. The number of Topliss-reactive ketones (excluding diaryl/α,β-unsaturated/α-hetero) is 1. The highest BCUT2D eigenvalue weighted by molar-refractivity contribution is 6.16. The molecule has 0 spiro atoms. The summed E-state index contributed by atoms with van der Waals surface area (Å²) in [5, 5.41) is 21.0. The Kier molecular flexibility index (Phi) is 8.66. The summed E-state index contributed by atoms with van der Waals surface area (Å²) in [6, 6.07) is 7.44. The lowest BCUT2D eigenvalue weighted by Gasteiger charge is -2.39. The number of nitrogens with zero attached hydrogens (tertiary/aromatic N) is 7. The number of carboxylic acid groups (broad SMARTS) is 2. The third-order valence-corrected chi connectivity index (χ3v) is 6.66. The second-order valence-corrected chi connectivity index (χ2v) is 9.73. The van der Waals surface area contributed by atoms with Crippen LogP contribution in [0.3, 0.4) is 0 Å². The Labute approximate surface area is 255 Å². The lowest BCUT2D eigenvalue weighted by molar-refractivity contribution is -0.155. The molecule has 4 aromatic heterocycles. The number of aromatic amines is 2. The van der Waals surface area contributed by atoms with Gasteiger partial charge in [-0.25, -0.2) is 35.6 Å². The molecule has 0 aliphatic heterocycles. The fourth-order valence-corrected chi connectivity index (χ4v) is 4.50. The molecule has 0 aliphatic rings. The predicted molar refractivity (Wildman–Crippen MR) is 158 cm³/mol. The molecule has 20 heteroatoms. The molecule has 4 heterocycles. The van der Waals surface area contributed by atoms with Crippen LogP contribution in [0.25, 0.3) is 22.3 Å². The molecule has 46 heavy (non-hydrogen) atoms. The quantitative estimate of drug-likeness (QED) is 0.0415. The molecule has 0 bridgehead atoms. The van der Waals surface area contributed by atoms with Crippen LogP contribution in [0.2, 0.25) is 0 Å². The summed E-state index contributed by atoms with van der Waals surface area (Å²) in [7, 11) is 0. The lowest BCUT2D eigenvalue weighted by Crippen LogP contribution is -2.69. The summed E-state index contributed by atoms with van der Waals surface area (Å²) in [5.41, 5.74) is 12.6. The largest absolute Gasteiger partial charge is 0.481 e. The fourth-order valence-electron chi connectivity index (χ4n) is 4.50. The number of carboxylic acids is 2. The van der Waals surface area contributed by atoms with Crippen LogP contribution in [0, 0.1) is 0 Å². The van der Waals surface area contributed by atoms with E-state index in [-0.39, 0.29) is 64.3 Å². The molecule has 0 saturated heterocycles. The normalized spacial score (nSPS) is 12.7. The van der Waals surface area contributed by atoms with Crippen molar-refractivity contribution >= 4 is 51.9 Å². The number of fused-ring (bicyclic) bond motifs is 2. The van der Waals surface area contributed by atoms with Gasteiger partial charge in [0.15, 0.2) is 28.1 Å². The number of aliphatic carboxylic acids is 2. The first-order chi connectivity index (χ1) is 22.0. The number of nitrogens with two attached hydrogens (primary N) is 2. The van der Waals surface area contributed by atoms with Gasteiger partial charge in [0.05, 0.1) is 36.9 Å². The summed E-state index contributed by atoms with van der Waals surface area (Å²) in [6.45, 7) is -0.646. The Balaban J connectivity index is 1.56. The number of H-pyrrole nitrogens is 2. The van der Waals surface area contributed by atoms with Crippen molar-refractivity contribution in [3.8, 4) is 0 Å². The molecule has 1 atom stereocenters. The third kappa shape index (κ3) is 6.33. The van der Waals surface area contributed by atoms with Gasteiger partial charge in [-0.15, -0.1) is 0 Å². The maximum Gasteiger partial charge on any atom is 0.335 e. The molecule has 10 N–H and O–H groups in total. The summed E-state index contributed by atoms with van der Waals surface area (Å²) < 4.78 is 0. The summed E-state index contributed by atoms with van der Waals surface area (Å²) >= 11 is 0. The molecule has 20 nitrogen and oxygen atoms in total. The van der Waals surface area contributed by atoms with E-state index in [4.69, 9.17) is 11.5 Å². The number of hydrogen-bond donors (Lipinski definition) is 8. The Morgan fingerprint density at radius 2 is 1.30 bits per heavy atom. The summed E-state index contributed by atoms with van der Waals surface area (Å²) in [4.78, 5) is 92.5. The third-order valence-electron chi connectivity index (χ3n) is 6.66. The number of nitrogens with one attached hydrogen (secondary N) is 4. The number of nitrogen functional groups attached to an aromatic ring is 2. The first-order valence-corrected chi connectivity index (χ1v) is 13.3. The number of carbonyl (C=O) groups excluding carboxylic acids is 1. The van der Waals surface area contributed by atoms with Crippen molar-refractivity contribution in [1.82, 2.24) is 55.8 Å². The van der Waals surface area contributed by atoms with Crippen molar-refractivity contribution in [2.75, 3.05) is 11.5 Å². The van der Waals surface area contributed by atoms with E-state index in [0.29, 0.717) is 0 Å². The average Bonchev–Trinajstić information content (AvgIpc) is 3.02. The van der Waals surface area contributed by atoms with Crippen LogP contribution in [0.4, 0.5) is 11.9 Å². The summed E-state index contributed by atoms with van der Waals surface area (Å²) in [6.07, 6.45) is 1.07. The molecule has 0 aliphatic carbocycles. The van der Waals surface area contributed by atoms with Gasteiger partial charge >= 0.3 is 11.9 Å². The van der Waals surface area contributed by atoms with Crippen LogP contribution in [-0.4, -0.2) is 78.5 Å². The number of hydrogen-bond acceptors (Lipinski definition) is 16. The topological polar surface area (TPSA) is 314 Å². The number of anilines is 2. The predicted octanol–water partition coefficient (Wildman–Crippen LogP) is -1.51. The van der Waals surface area contributed by atoms with E-state index in [2.05, 4.69) is 50.7 Å². The van der Waals surface area contributed by atoms with E-state index in [0.717, 1.165) is 5.12 Å². The molecule has 1 aromatic carbocycles. The number of carbonyl (C=O) groups is 3. The van der Waals surface area contributed by atoms with Crippen molar-refractivity contribution in [3.05, 3.63) is 80.4 Å². The zero-order valence-corrected chi connectivity index (χ0v) is 23.6. The summed E-state index contributed by atoms with van der Waals surface area (Å²) in [5.74, 6) is -4.35. The van der Waals surface area contributed by atoms with Crippen molar-refractivity contribution < 1.29 is 24.6 Å². The SMILES string of the molecule is Nc1nc2ncc(CNN(NCc3cnc4nc(N)[nH]c(=O)c4n3)[C@@](CCC(=O)O)(C(=O)O)C(=O)c3ccccc3)nc2c(=O)[nH]1. The van der Waals surface area contributed by atoms with E-state index in [1.807, 2.05) is 0 Å². The second-order valence-electron chi connectivity index (χ2n) is 9.73. The number of benzene rings is 1. The molecule has 0 amide bonds. The van der Waals surface area contributed by atoms with E-state index in [9.17, 15) is 34.2 Å². The molecule has 0 radical (unpaired) electrons. The molecule has 0 unspecified atom stereocenters. The van der Waals surface area contributed by atoms with Gasteiger partial charge in [-0.2, -0.15) is 15.1 Å². The van der Waals surface area contributed by atoms with E-state index < -0.39 is 47.2 Å². The van der Waals surface area contributed by atoms with Crippen molar-refractivity contribution in [1.29, 1.82) is 0 Å². The zero-order valence-electron chi connectivity index (χ0n) is 23.6. The minimum absolute atomic E-state index is 0.0229. The monoisotopic (exact) mass is 631 g/mol. The van der Waals surface area contributed by atoms with E-state index >= 15 is 0 Å². The maximum atomic E-state index is 14.0. The number of hydrazine groups is 2. The highest BCUT2D eigenvalue weighted by Crippen LogP contribution is 2.26. The van der Waals surface area contributed by atoms with Crippen molar-refractivity contribution in [2.45, 2.75) is 31.5 Å². The molecule has 5 aromatic rings. The number of aromatic nitrogens is 8. The average molecular weight is 632 g/mol. The van der Waals surface area contributed by atoms with E-state index in [1.54, 1.807) is 6.07 Å². The molecular formula is C26H25N13O7. The van der Waals surface area contributed by atoms with Crippen LogP contribution >= 0.6 is 0 Å². The fraction of sp³-hybridized carbons (Fsp3) is 0.192. The van der Waals surface area contributed by atoms with Gasteiger partial charge in [0.1, 0.15) is 0 Å². The van der Waals surface area contributed by atoms with Crippen LogP contribution in [0.1, 0.15) is 34.6 Å². The van der Waals surface area contributed by atoms with Crippen LogP contribution in [0.5, 0.6) is 0 Å². The first-order valence-electron chi connectivity index (χ1n) is 13.3. The van der Waals surface area contributed by atoms with Gasteiger partial charge in [-0.3, -0.25) is 29.1 Å². The standard InChI is InChI=1S/C26H25N13O7/c27-24-35-19-16(21(43)37-24)33-13(8-29-19)10-31-39(32-11-14-9-30-20-17(34-14)22(44)38-25(28)36-20)26(23(45)46,7-6-15(40)41)18(42)12-4-2-1-3-5-12/h1-5,8-9,31-32H,6-7,10-11H2,(H,40,41)(H,45,46)(H3,27,29,35,37,43)(H3,28,30,36,38,44)/t26-/m1/s1. The molecule has 5 rings (SSSR count). The Bertz CT molecular complexity index is 1980. The second kappa shape index (κ2) is 12.8.